The fraction of sp³-hybridized carbons (Fsp3) is 0.538. The van der Waals surface area contributed by atoms with Gasteiger partial charge in [0.05, 0.1) is 0 Å². The molecule has 1 nitrogen and oxygen atoms in total. The zero-order valence-corrected chi connectivity index (χ0v) is 11.4. The van der Waals surface area contributed by atoms with E-state index in [0.717, 1.165) is 6.54 Å². The van der Waals surface area contributed by atoms with Crippen molar-refractivity contribution in [3.63, 3.8) is 0 Å². The predicted octanol–water partition coefficient (Wildman–Crippen LogP) is 3.68. The zero-order valence-electron chi connectivity index (χ0n) is 9.87. The van der Waals surface area contributed by atoms with Crippen LogP contribution in [0, 0.1) is 6.92 Å². The quantitative estimate of drug-likeness (QED) is 0.742. The van der Waals surface area contributed by atoms with Gasteiger partial charge in [-0.2, -0.15) is 11.8 Å². The van der Waals surface area contributed by atoms with Crippen LogP contribution >= 0.6 is 23.4 Å². The molecule has 1 aliphatic rings. The summed E-state index contributed by atoms with van der Waals surface area (Å²) < 4.78 is 0. The lowest BCUT2D eigenvalue weighted by atomic mass is 10.1. The van der Waals surface area contributed by atoms with Crippen molar-refractivity contribution in [1.29, 1.82) is 0 Å². The minimum Gasteiger partial charge on any atom is -0.367 e. The maximum Gasteiger partial charge on any atom is 0.0474 e. The molecule has 1 aromatic carbocycles. The van der Waals surface area contributed by atoms with E-state index in [-0.39, 0.29) is 0 Å². The van der Waals surface area contributed by atoms with Crippen LogP contribution in [0.5, 0.6) is 0 Å². The Labute approximate surface area is 107 Å². The van der Waals surface area contributed by atoms with E-state index in [1.54, 1.807) is 0 Å². The van der Waals surface area contributed by atoms with Crippen molar-refractivity contribution in [1.82, 2.24) is 0 Å². The van der Waals surface area contributed by atoms with Gasteiger partial charge < -0.3 is 4.90 Å². The Morgan fingerprint density at radius 3 is 2.94 bits per heavy atom. The lowest BCUT2D eigenvalue weighted by Gasteiger charge is -2.36. The van der Waals surface area contributed by atoms with Gasteiger partial charge in [-0.15, -0.1) is 11.6 Å². The molecule has 2 rings (SSSR count). The molecule has 1 saturated heterocycles. The highest BCUT2D eigenvalue weighted by molar-refractivity contribution is 7.99. The highest BCUT2D eigenvalue weighted by Gasteiger charge is 2.20. The van der Waals surface area contributed by atoms with Gasteiger partial charge in [-0.25, -0.2) is 0 Å². The molecule has 3 heteroatoms. The zero-order chi connectivity index (χ0) is 11.5. The van der Waals surface area contributed by atoms with E-state index < -0.39 is 0 Å². The largest absolute Gasteiger partial charge is 0.367 e. The Morgan fingerprint density at radius 2 is 2.31 bits per heavy atom. The van der Waals surface area contributed by atoms with Gasteiger partial charge in [-0.3, -0.25) is 0 Å². The normalized spacial score (nSPS) is 21.2. The monoisotopic (exact) mass is 255 g/mol. The number of rotatable bonds is 2. The van der Waals surface area contributed by atoms with E-state index in [1.165, 1.54) is 28.3 Å². The third-order valence-electron chi connectivity index (χ3n) is 3.09. The molecule has 1 atom stereocenters. The highest BCUT2D eigenvalue weighted by Crippen LogP contribution is 2.27. The Balaban J connectivity index is 2.25. The first-order chi connectivity index (χ1) is 7.72. The Hall–Kier alpha value is -0.340. The smallest absolute Gasteiger partial charge is 0.0474 e. The van der Waals surface area contributed by atoms with Crippen LogP contribution < -0.4 is 4.90 Å². The van der Waals surface area contributed by atoms with E-state index >= 15 is 0 Å². The van der Waals surface area contributed by atoms with Gasteiger partial charge in [0.15, 0.2) is 0 Å². The lowest BCUT2D eigenvalue weighted by Crippen LogP contribution is -2.40. The topological polar surface area (TPSA) is 3.24 Å². The van der Waals surface area contributed by atoms with E-state index in [2.05, 4.69) is 48.7 Å². The number of alkyl halides is 1. The molecule has 1 aliphatic heterocycles. The minimum absolute atomic E-state index is 0.604. The van der Waals surface area contributed by atoms with Crippen molar-refractivity contribution >= 4 is 29.1 Å². The van der Waals surface area contributed by atoms with Crippen LogP contribution in [0.4, 0.5) is 5.69 Å². The summed E-state index contributed by atoms with van der Waals surface area (Å²) >= 11 is 7.90. The number of hydrogen-bond acceptors (Lipinski definition) is 2. The van der Waals surface area contributed by atoms with Gasteiger partial charge >= 0.3 is 0 Å². The molecule has 0 radical (unpaired) electrons. The summed E-state index contributed by atoms with van der Waals surface area (Å²) in [5, 5.41) is 0. The Kier molecular flexibility index (Phi) is 4.04. The van der Waals surface area contributed by atoms with Gasteiger partial charge in [0.1, 0.15) is 0 Å². The molecular weight excluding hydrogens is 238 g/mol. The minimum atomic E-state index is 0.604. The number of aryl methyl sites for hydroxylation is 1. The SMILES string of the molecule is Cc1cc(CCl)ccc1N1CCSCC1C. The van der Waals surface area contributed by atoms with Gasteiger partial charge in [0, 0.05) is 35.7 Å². The summed E-state index contributed by atoms with van der Waals surface area (Å²) in [7, 11) is 0. The lowest BCUT2D eigenvalue weighted by molar-refractivity contribution is 0.698. The summed E-state index contributed by atoms with van der Waals surface area (Å²) in [5.74, 6) is 3.07. The molecule has 88 valence electrons. The van der Waals surface area contributed by atoms with Gasteiger partial charge in [0.25, 0.3) is 0 Å². The maximum atomic E-state index is 5.85. The summed E-state index contributed by atoms with van der Waals surface area (Å²) in [5.41, 5.74) is 3.93. The Bertz CT molecular complexity index is 367. The number of hydrogen-bond donors (Lipinski definition) is 0. The second kappa shape index (κ2) is 5.33. The molecule has 0 spiro atoms. The van der Waals surface area contributed by atoms with Crippen LogP contribution in [-0.4, -0.2) is 24.1 Å². The fourth-order valence-corrected chi connectivity index (χ4v) is 3.39. The van der Waals surface area contributed by atoms with E-state index in [1.807, 2.05) is 0 Å². The molecule has 0 saturated carbocycles. The van der Waals surface area contributed by atoms with Crippen molar-refractivity contribution in [2.24, 2.45) is 0 Å². The van der Waals surface area contributed by atoms with Gasteiger partial charge in [-0.1, -0.05) is 12.1 Å². The standard InChI is InChI=1S/C13H18ClNS/c1-10-7-12(8-14)3-4-13(10)15-5-6-16-9-11(15)2/h3-4,7,11H,5-6,8-9H2,1-2H3. The average molecular weight is 256 g/mol. The molecule has 0 aromatic heterocycles. The molecule has 16 heavy (non-hydrogen) atoms. The summed E-state index contributed by atoms with van der Waals surface area (Å²) in [6.45, 7) is 5.65. The second-order valence-electron chi connectivity index (χ2n) is 4.37. The molecule has 1 aromatic rings. The molecule has 0 bridgehead atoms. The van der Waals surface area contributed by atoms with Crippen LogP contribution in [0.15, 0.2) is 18.2 Å². The molecule has 1 fully saturated rings. The van der Waals surface area contributed by atoms with Crippen LogP contribution in [-0.2, 0) is 5.88 Å². The summed E-state index contributed by atoms with van der Waals surface area (Å²) in [6, 6.07) is 7.21. The van der Waals surface area contributed by atoms with Crippen molar-refractivity contribution < 1.29 is 0 Å². The first kappa shape index (κ1) is 12.1. The van der Waals surface area contributed by atoms with Crippen LogP contribution in [0.1, 0.15) is 18.1 Å². The fourth-order valence-electron chi connectivity index (χ4n) is 2.21. The number of halogens is 1. The van der Waals surface area contributed by atoms with Crippen LogP contribution in [0.25, 0.3) is 0 Å². The van der Waals surface area contributed by atoms with Crippen molar-refractivity contribution in [2.75, 3.05) is 23.0 Å². The molecule has 0 aliphatic carbocycles. The number of benzene rings is 1. The number of nitrogens with zero attached hydrogens (tertiary/aromatic N) is 1. The third kappa shape index (κ3) is 2.49. The van der Waals surface area contributed by atoms with Gasteiger partial charge in [0.2, 0.25) is 0 Å². The summed E-state index contributed by atoms with van der Waals surface area (Å²) in [4.78, 5) is 2.52. The molecule has 0 N–H and O–H groups in total. The van der Waals surface area contributed by atoms with E-state index in [0.29, 0.717) is 11.9 Å². The molecule has 0 amide bonds. The third-order valence-corrected chi connectivity index (χ3v) is 4.59. The Morgan fingerprint density at radius 1 is 1.50 bits per heavy atom. The van der Waals surface area contributed by atoms with Crippen molar-refractivity contribution in [2.45, 2.75) is 25.8 Å². The second-order valence-corrected chi connectivity index (χ2v) is 5.79. The van der Waals surface area contributed by atoms with Crippen molar-refractivity contribution in [3.05, 3.63) is 29.3 Å². The average Bonchev–Trinajstić information content (AvgIpc) is 2.30. The van der Waals surface area contributed by atoms with E-state index in [4.69, 9.17) is 11.6 Å². The first-order valence-corrected chi connectivity index (χ1v) is 7.41. The first-order valence-electron chi connectivity index (χ1n) is 5.72. The highest BCUT2D eigenvalue weighted by atomic mass is 35.5. The van der Waals surface area contributed by atoms with Crippen LogP contribution in [0.2, 0.25) is 0 Å². The number of anilines is 1. The molecule has 1 unspecified atom stereocenters. The summed E-state index contributed by atoms with van der Waals surface area (Å²) in [6.07, 6.45) is 0. The maximum absolute atomic E-state index is 5.85. The molecule has 1 heterocycles. The predicted molar refractivity (Wildman–Crippen MR) is 74.9 cm³/mol. The molecular formula is C13H18ClNS. The van der Waals surface area contributed by atoms with Gasteiger partial charge in [-0.05, 0) is 31.0 Å². The van der Waals surface area contributed by atoms with Crippen molar-refractivity contribution in [3.8, 4) is 0 Å². The van der Waals surface area contributed by atoms with Crippen LogP contribution in [0.3, 0.4) is 0 Å². The number of thioether (sulfide) groups is 1. The van der Waals surface area contributed by atoms with E-state index in [9.17, 15) is 0 Å².